The highest BCUT2D eigenvalue weighted by Gasteiger charge is 2.23. The zero-order valence-electron chi connectivity index (χ0n) is 18.2. The second kappa shape index (κ2) is 10.0. The van der Waals surface area contributed by atoms with E-state index in [0.717, 1.165) is 42.2 Å². The quantitative estimate of drug-likeness (QED) is 0.442. The molecule has 0 fully saturated rings. The van der Waals surface area contributed by atoms with Gasteiger partial charge in [-0.05, 0) is 44.8 Å². The molecular formula is C21H25ClFN5O2S2. The number of sulfonamides is 1. The van der Waals surface area contributed by atoms with Gasteiger partial charge >= 0.3 is 0 Å². The summed E-state index contributed by atoms with van der Waals surface area (Å²) in [5.74, 6) is -0.799. The maximum Gasteiger partial charge on any atom is 0.266 e. The molecule has 0 aliphatic heterocycles. The monoisotopic (exact) mass is 497 g/mol. The number of aryl methyl sites for hydroxylation is 1. The molecule has 0 spiro atoms. The van der Waals surface area contributed by atoms with Gasteiger partial charge in [-0.25, -0.2) is 17.8 Å². The standard InChI is InChI=1S/C21H25ClFN5O2S2/c1-14-5-6-17(19(9-14)28(4)8-7-27(2)3)25-18-11-16(23)20(10-15(18)22)32(29,30)26-21-12-31-13-24-21/h5-6,9-13,25-26H,7-8H2,1-4H3. The van der Waals surface area contributed by atoms with Crippen LogP contribution in [0.1, 0.15) is 5.56 Å². The minimum Gasteiger partial charge on any atom is -0.372 e. The second-order valence-corrected chi connectivity index (χ2v) is 10.4. The Morgan fingerprint density at radius 3 is 2.53 bits per heavy atom. The van der Waals surface area contributed by atoms with E-state index in [1.807, 2.05) is 46.3 Å². The van der Waals surface area contributed by atoms with Gasteiger partial charge in [0.2, 0.25) is 0 Å². The summed E-state index contributed by atoms with van der Waals surface area (Å²) in [7, 11) is 1.81. The van der Waals surface area contributed by atoms with Crippen LogP contribution < -0.4 is 14.9 Å². The normalized spacial score (nSPS) is 11.6. The number of rotatable bonds is 9. The molecule has 1 aromatic heterocycles. The van der Waals surface area contributed by atoms with Gasteiger partial charge in [-0.3, -0.25) is 4.72 Å². The molecule has 0 bridgehead atoms. The topological polar surface area (TPSA) is 77.6 Å². The molecule has 0 aliphatic carbocycles. The van der Waals surface area contributed by atoms with Crippen LogP contribution in [-0.4, -0.2) is 52.5 Å². The van der Waals surface area contributed by atoms with Crippen molar-refractivity contribution < 1.29 is 12.8 Å². The minimum absolute atomic E-state index is 0.0764. The zero-order chi connectivity index (χ0) is 23.5. The van der Waals surface area contributed by atoms with Gasteiger partial charge in [0.25, 0.3) is 10.0 Å². The van der Waals surface area contributed by atoms with Gasteiger partial charge in [-0.15, -0.1) is 11.3 Å². The molecule has 0 aliphatic rings. The molecule has 0 saturated carbocycles. The second-order valence-electron chi connectivity index (χ2n) is 7.61. The smallest absolute Gasteiger partial charge is 0.266 e. The van der Waals surface area contributed by atoms with E-state index >= 15 is 0 Å². The number of nitrogens with zero attached hydrogens (tertiary/aromatic N) is 3. The third-order valence-corrected chi connectivity index (χ3v) is 6.97. The predicted octanol–water partition coefficient (Wildman–Crippen LogP) is 4.79. The summed E-state index contributed by atoms with van der Waals surface area (Å²) in [5, 5.41) is 4.74. The first-order valence-corrected chi connectivity index (χ1v) is 12.5. The first kappa shape index (κ1) is 24.2. The van der Waals surface area contributed by atoms with E-state index in [2.05, 4.69) is 24.8 Å². The lowest BCUT2D eigenvalue weighted by Gasteiger charge is -2.25. The lowest BCUT2D eigenvalue weighted by molar-refractivity contribution is 0.416. The molecule has 172 valence electrons. The number of anilines is 4. The molecule has 0 radical (unpaired) electrons. The number of hydrogen-bond acceptors (Lipinski definition) is 7. The largest absolute Gasteiger partial charge is 0.372 e. The molecule has 0 amide bonds. The average Bonchev–Trinajstić information content (AvgIpc) is 3.22. The van der Waals surface area contributed by atoms with Crippen molar-refractivity contribution in [2.24, 2.45) is 0 Å². The fourth-order valence-electron chi connectivity index (χ4n) is 2.96. The number of halogens is 2. The van der Waals surface area contributed by atoms with Crippen molar-refractivity contribution in [1.29, 1.82) is 0 Å². The zero-order valence-corrected chi connectivity index (χ0v) is 20.6. The van der Waals surface area contributed by atoms with Gasteiger partial charge in [0.15, 0.2) is 5.82 Å². The van der Waals surface area contributed by atoms with Crippen LogP contribution in [0, 0.1) is 12.7 Å². The van der Waals surface area contributed by atoms with Crippen molar-refractivity contribution in [3.05, 3.63) is 57.6 Å². The number of nitrogens with one attached hydrogen (secondary N) is 2. The highest BCUT2D eigenvalue weighted by molar-refractivity contribution is 7.92. The van der Waals surface area contributed by atoms with E-state index in [1.54, 1.807) is 0 Å². The Hall–Kier alpha value is -2.40. The van der Waals surface area contributed by atoms with Crippen LogP contribution in [0.2, 0.25) is 5.02 Å². The minimum atomic E-state index is -4.17. The van der Waals surface area contributed by atoms with Crippen molar-refractivity contribution >= 4 is 55.8 Å². The Bertz CT molecular complexity index is 1190. The van der Waals surface area contributed by atoms with Gasteiger partial charge in [0.05, 0.1) is 27.6 Å². The van der Waals surface area contributed by atoms with Crippen molar-refractivity contribution in [2.45, 2.75) is 11.8 Å². The van der Waals surface area contributed by atoms with Crippen molar-refractivity contribution in [3.8, 4) is 0 Å². The van der Waals surface area contributed by atoms with Crippen LogP contribution in [0.15, 0.2) is 46.1 Å². The summed E-state index contributed by atoms with van der Waals surface area (Å²) >= 11 is 7.57. The number of aromatic nitrogens is 1. The van der Waals surface area contributed by atoms with Crippen LogP contribution in [0.4, 0.5) is 27.3 Å². The highest BCUT2D eigenvalue weighted by Crippen LogP contribution is 2.35. The van der Waals surface area contributed by atoms with E-state index in [1.165, 1.54) is 22.2 Å². The molecule has 0 unspecified atom stereocenters. The number of likely N-dealkylation sites (N-methyl/N-ethyl adjacent to an activating group) is 2. The molecule has 2 aromatic carbocycles. The highest BCUT2D eigenvalue weighted by atomic mass is 35.5. The molecule has 3 aromatic rings. The fraction of sp³-hybridized carbons (Fsp3) is 0.286. The third-order valence-electron chi connectivity index (χ3n) is 4.70. The summed E-state index contributed by atoms with van der Waals surface area (Å²) in [6.07, 6.45) is 0. The van der Waals surface area contributed by atoms with Gasteiger partial charge in [0, 0.05) is 31.6 Å². The number of thiazole rings is 1. The van der Waals surface area contributed by atoms with Gasteiger partial charge < -0.3 is 15.1 Å². The molecular weight excluding hydrogens is 473 g/mol. The van der Waals surface area contributed by atoms with Gasteiger partial charge in [-0.1, -0.05) is 17.7 Å². The molecule has 32 heavy (non-hydrogen) atoms. The van der Waals surface area contributed by atoms with Crippen LogP contribution in [0.25, 0.3) is 0 Å². The molecule has 1 heterocycles. The summed E-state index contributed by atoms with van der Waals surface area (Å²) in [6, 6.07) is 8.03. The summed E-state index contributed by atoms with van der Waals surface area (Å²) in [6.45, 7) is 3.64. The lowest BCUT2D eigenvalue weighted by Crippen LogP contribution is -2.28. The Kier molecular flexibility index (Phi) is 7.60. The Morgan fingerprint density at radius 1 is 1.12 bits per heavy atom. The van der Waals surface area contributed by atoms with Crippen molar-refractivity contribution in [1.82, 2.24) is 9.88 Å². The van der Waals surface area contributed by atoms with E-state index in [4.69, 9.17) is 11.6 Å². The first-order chi connectivity index (χ1) is 15.1. The Labute approximate surface area is 196 Å². The van der Waals surface area contributed by atoms with E-state index in [-0.39, 0.29) is 16.5 Å². The maximum atomic E-state index is 14.8. The van der Waals surface area contributed by atoms with Crippen LogP contribution in [0.3, 0.4) is 0 Å². The van der Waals surface area contributed by atoms with Gasteiger partial charge in [0.1, 0.15) is 10.7 Å². The van der Waals surface area contributed by atoms with Gasteiger partial charge in [-0.2, -0.15) is 0 Å². The molecule has 2 N–H and O–H groups in total. The first-order valence-electron chi connectivity index (χ1n) is 9.70. The number of benzene rings is 2. The molecule has 0 atom stereocenters. The number of hydrogen-bond donors (Lipinski definition) is 2. The van der Waals surface area contributed by atoms with E-state index in [9.17, 15) is 12.8 Å². The molecule has 3 rings (SSSR count). The van der Waals surface area contributed by atoms with E-state index < -0.39 is 20.7 Å². The molecule has 7 nitrogen and oxygen atoms in total. The van der Waals surface area contributed by atoms with Crippen LogP contribution >= 0.6 is 22.9 Å². The lowest BCUT2D eigenvalue weighted by atomic mass is 10.1. The van der Waals surface area contributed by atoms with Crippen LogP contribution in [-0.2, 0) is 10.0 Å². The predicted molar refractivity (Wildman–Crippen MR) is 131 cm³/mol. The van der Waals surface area contributed by atoms with Crippen molar-refractivity contribution in [3.63, 3.8) is 0 Å². The SMILES string of the molecule is Cc1ccc(Nc2cc(F)c(S(=O)(=O)Nc3cscn3)cc2Cl)c(N(C)CCN(C)C)c1. The van der Waals surface area contributed by atoms with E-state index in [0.29, 0.717) is 0 Å². The van der Waals surface area contributed by atoms with Crippen LogP contribution in [0.5, 0.6) is 0 Å². The summed E-state index contributed by atoms with van der Waals surface area (Å²) in [4.78, 5) is 7.50. The maximum absolute atomic E-state index is 14.8. The van der Waals surface area contributed by atoms with Crippen molar-refractivity contribution in [2.75, 3.05) is 49.2 Å². The third kappa shape index (κ3) is 5.89. The molecule has 11 heteroatoms. The Morgan fingerprint density at radius 2 is 1.88 bits per heavy atom. The Balaban J connectivity index is 1.90. The molecule has 0 saturated heterocycles. The summed E-state index contributed by atoms with van der Waals surface area (Å²) < 4.78 is 42.2. The summed E-state index contributed by atoms with van der Waals surface area (Å²) in [5.41, 5.74) is 4.47. The fourth-order valence-corrected chi connectivity index (χ4v) is 4.88. The average molecular weight is 498 g/mol.